The largest absolute Gasteiger partial charge is 0.481 e. The number of benzene rings is 1. The van der Waals surface area contributed by atoms with Crippen molar-refractivity contribution in [3.05, 3.63) is 29.8 Å². The number of nitrogens with one attached hydrogen (secondary N) is 1. The molecule has 0 radical (unpaired) electrons. The minimum Gasteiger partial charge on any atom is -0.481 e. The number of amides is 2. The Labute approximate surface area is 135 Å². The Bertz CT molecular complexity index is 597. The van der Waals surface area contributed by atoms with E-state index in [1.807, 2.05) is 6.92 Å². The Morgan fingerprint density at radius 3 is 2.52 bits per heavy atom. The minimum absolute atomic E-state index is 0.0199. The fraction of sp³-hybridized carbons (Fsp3) is 0.471. The Morgan fingerprint density at radius 1 is 1.35 bits per heavy atom. The van der Waals surface area contributed by atoms with Gasteiger partial charge in [-0.1, -0.05) is 13.3 Å². The Morgan fingerprint density at radius 2 is 2.00 bits per heavy atom. The Kier molecular flexibility index (Phi) is 5.36. The standard InChI is InChI=1S/C17H22N2O4/c1-3-4-11(2)18-16(21)12-5-7-14(8-6-12)19-10-13(17(22)23)9-15(19)20/h5-8,11,13H,3-4,9-10H2,1-2H3,(H,18,21)(H,22,23). The van der Waals surface area contributed by atoms with Gasteiger partial charge in [0.15, 0.2) is 0 Å². The van der Waals surface area contributed by atoms with E-state index in [9.17, 15) is 14.4 Å². The second kappa shape index (κ2) is 7.26. The first-order valence-electron chi connectivity index (χ1n) is 7.86. The van der Waals surface area contributed by atoms with Crippen molar-refractivity contribution in [2.24, 2.45) is 5.92 Å². The van der Waals surface area contributed by atoms with E-state index in [0.29, 0.717) is 11.3 Å². The highest BCUT2D eigenvalue weighted by Crippen LogP contribution is 2.25. The molecule has 1 aromatic carbocycles. The lowest BCUT2D eigenvalue weighted by atomic mass is 10.1. The number of carbonyl (C=O) groups is 3. The number of carbonyl (C=O) groups excluding carboxylic acids is 2. The second-order valence-corrected chi connectivity index (χ2v) is 5.95. The van der Waals surface area contributed by atoms with Crippen LogP contribution in [0.25, 0.3) is 0 Å². The summed E-state index contributed by atoms with van der Waals surface area (Å²) in [4.78, 5) is 36.5. The van der Waals surface area contributed by atoms with Gasteiger partial charge in [0.2, 0.25) is 5.91 Å². The fourth-order valence-electron chi connectivity index (χ4n) is 2.73. The normalized spacial score (nSPS) is 18.8. The molecule has 6 heteroatoms. The molecule has 0 aromatic heterocycles. The third-order valence-electron chi connectivity index (χ3n) is 4.01. The first-order valence-corrected chi connectivity index (χ1v) is 7.86. The molecule has 6 nitrogen and oxygen atoms in total. The maximum absolute atomic E-state index is 12.1. The predicted octanol–water partition coefficient (Wildman–Crippen LogP) is 2.04. The number of aliphatic carboxylic acids is 1. The average Bonchev–Trinajstić information content (AvgIpc) is 2.90. The summed E-state index contributed by atoms with van der Waals surface area (Å²) < 4.78 is 0. The fourth-order valence-corrected chi connectivity index (χ4v) is 2.73. The molecule has 1 aliphatic heterocycles. The van der Waals surface area contributed by atoms with E-state index >= 15 is 0 Å². The molecule has 1 heterocycles. The molecule has 23 heavy (non-hydrogen) atoms. The van der Waals surface area contributed by atoms with Gasteiger partial charge in [0, 0.05) is 30.3 Å². The highest BCUT2D eigenvalue weighted by molar-refractivity contribution is 6.00. The predicted molar refractivity (Wildman–Crippen MR) is 86.4 cm³/mol. The molecule has 2 unspecified atom stereocenters. The van der Waals surface area contributed by atoms with Crippen LogP contribution in [0.1, 0.15) is 43.5 Å². The summed E-state index contributed by atoms with van der Waals surface area (Å²) in [5.74, 6) is -1.97. The average molecular weight is 318 g/mol. The summed E-state index contributed by atoms with van der Waals surface area (Å²) >= 11 is 0. The number of carboxylic acids is 1. The van der Waals surface area contributed by atoms with Crippen LogP contribution >= 0.6 is 0 Å². The maximum atomic E-state index is 12.1. The Balaban J connectivity index is 2.03. The van der Waals surface area contributed by atoms with E-state index in [2.05, 4.69) is 12.2 Å². The van der Waals surface area contributed by atoms with Gasteiger partial charge in [-0.2, -0.15) is 0 Å². The van der Waals surface area contributed by atoms with Gasteiger partial charge >= 0.3 is 5.97 Å². The van der Waals surface area contributed by atoms with Crippen LogP contribution in [0.15, 0.2) is 24.3 Å². The lowest BCUT2D eigenvalue weighted by Crippen LogP contribution is -2.32. The molecule has 0 spiro atoms. The third-order valence-corrected chi connectivity index (χ3v) is 4.01. The molecule has 0 aliphatic carbocycles. The van der Waals surface area contributed by atoms with Crippen molar-refractivity contribution in [2.75, 3.05) is 11.4 Å². The van der Waals surface area contributed by atoms with Gasteiger partial charge in [-0.05, 0) is 37.6 Å². The molecular weight excluding hydrogens is 296 g/mol. The summed E-state index contributed by atoms with van der Waals surface area (Å²) in [6, 6.07) is 6.79. The summed E-state index contributed by atoms with van der Waals surface area (Å²) in [6.45, 7) is 4.20. The Hall–Kier alpha value is -2.37. The topological polar surface area (TPSA) is 86.7 Å². The zero-order valence-corrected chi connectivity index (χ0v) is 13.4. The summed E-state index contributed by atoms with van der Waals surface area (Å²) in [5, 5.41) is 11.9. The van der Waals surface area contributed by atoms with E-state index in [1.165, 1.54) is 4.90 Å². The van der Waals surface area contributed by atoms with Crippen LogP contribution in [0.4, 0.5) is 5.69 Å². The third kappa shape index (κ3) is 4.09. The van der Waals surface area contributed by atoms with Crippen LogP contribution in [0, 0.1) is 5.92 Å². The van der Waals surface area contributed by atoms with Crippen LogP contribution in [-0.2, 0) is 9.59 Å². The van der Waals surface area contributed by atoms with E-state index in [4.69, 9.17) is 5.11 Å². The highest BCUT2D eigenvalue weighted by Gasteiger charge is 2.35. The van der Waals surface area contributed by atoms with Crippen LogP contribution in [0.2, 0.25) is 0 Å². The zero-order valence-electron chi connectivity index (χ0n) is 13.4. The lowest BCUT2D eigenvalue weighted by molar-refractivity contribution is -0.141. The lowest BCUT2D eigenvalue weighted by Gasteiger charge is -2.17. The maximum Gasteiger partial charge on any atom is 0.308 e. The highest BCUT2D eigenvalue weighted by atomic mass is 16.4. The van der Waals surface area contributed by atoms with Gasteiger partial charge in [0.25, 0.3) is 5.91 Å². The van der Waals surface area contributed by atoms with Gasteiger partial charge in [-0.3, -0.25) is 14.4 Å². The molecule has 2 atom stereocenters. The molecular formula is C17H22N2O4. The first-order chi connectivity index (χ1) is 10.9. The molecule has 0 saturated carbocycles. The molecule has 124 valence electrons. The summed E-state index contributed by atoms with van der Waals surface area (Å²) in [5.41, 5.74) is 1.15. The van der Waals surface area contributed by atoms with Crippen molar-refractivity contribution in [1.82, 2.24) is 5.32 Å². The molecule has 1 saturated heterocycles. The first kappa shape index (κ1) is 17.0. The van der Waals surface area contributed by atoms with Gasteiger partial charge < -0.3 is 15.3 Å². The van der Waals surface area contributed by atoms with E-state index in [1.54, 1.807) is 24.3 Å². The van der Waals surface area contributed by atoms with Crippen molar-refractivity contribution in [2.45, 2.75) is 39.2 Å². The minimum atomic E-state index is -0.957. The second-order valence-electron chi connectivity index (χ2n) is 5.95. The monoisotopic (exact) mass is 318 g/mol. The van der Waals surface area contributed by atoms with Crippen molar-refractivity contribution in [3.63, 3.8) is 0 Å². The summed E-state index contributed by atoms with van der Waals surface area (Å²) in [6.07, 6.45) is 1.94. The quantitative estimate of drug-likeness (QED) is 0.840. The van der Waals surface area contributed by atoms with Crippen LogP contribution in [0.3, 0.4) is 0 Å². The van der Waals surface area contributed by atoms with Gasteiger partial charge in [0.1, 0.15) is 0 Å². The van der Waals surface area contributed by atoms with Gasteiger partial charge in [-0.15, -0.1) is 0 Å². The van der Waals surface area contributed by atoms with E-state index < -0.39 is 11.9 Å². The van der Waals surface area contributed by atoms with Crippen molar-refractivity contribution >= 4 is 23.5 Å². The molecule has 1 fully saturated rings. The molecule has 2 amide bonds. The number of hydrogen-bond acceptors (Lipinski definition) is 3. The van der Waals surface area contributed by atoms with Gasteiger partial charge in [0.05, 0.1) is 5.92 Å². The smallest absolute Gasteiger partial charge is 0.308 e. The number of rotatable bonds is 6. The van der Waals surface area contributed by atoms with E-state index in [0.717, 1.165) is 12.8 Å². The molecule has 1 aromatic rings. The molecule has 0 bridgehead atoms. The molecule has 1 aliphatic rings. The van der Waals surface area contributed by atoms with Gasteiger partial charge in [-0.25, -0.2) is 0 Å². The number of carboxylic acid groups (broad SMARTS) is 1. The van der Waals surface area contributed by atoms with E-state index in [-0.39, 0.29) is 30.8 Å². The van der Waals surface area contributed by atoms with Crippen LogP contribution < -0.4 is 10.2 Å². The van der Waals surface area contributed by atoms with Crippen LogP contribution in [0.5, 0.6) is 0 Å². The number of hydrogen-bond donors (Lipinski definition) is 2. The number of anilines is 1. The number of nitrogens with zero attached hydrogens (tertiary/aromatic N) is 1. The molecule has 2 N–H and O–H groups in total. The summed E-state index contributed by atoms with van der Waals surface area (Å²) in [7, 11) is 0. The van der Waals surface area contributed by atoms with Crippen LogP contribution in [-0.4, -0.2) is 35.5 Å². The zero-order chi connectivity index (χ0) is 17.0. The van der Waals surface area contributed by atoms with Crippen molar-refractivity contribution in [3.8, 4) is 0 Å². The van der Waals surface area contributed by atoms with Crippen molar-refractivity contribution in [1.29, 1.82) is 0 Å². The SMILES string of the molecule is CCCC(C)NC(=O)c1ccc(N2CC(C(=O)O)CC2=O)cc1. The molecule has 2 rings (SSSR count). The van der Waals surface area contributed by atoms with Crippen molar-refractivity contribution < 1.29 is 19.5 Å².